The number of nitrogens with zero attached hydrogens (tertiary/aromatic N) is 4. The fourth-order valence-corrected chi connectivity index (χ4v) is 2.98. The van der Waals surface area contributed by atoms with Gasteiger partial charge in [-0.25, -0.2) is 0 Å². The molecule has 2 fully saturated rings. The first-order valence-electron chi connectivity index (χ1n) is 6.40. The molecule has 0 bridgehead atoms. The molecule has 1 aromatic rings. The van der Waals surface area contributed by atoms with Crippen LogP contribution in [0.15, 0.2) is 0 Å². The summed E-state index contributed by atoms with van der Waals surface area (Å²) in [5.41, 5.74) is 2.49. The summed E-state index contributed by atoms with van der Waals surface area (Å²) in [4.78, 5) is 2.23. The van der Waals surface area contributed by atoms with Gasteiger partial charge in [0.15, 0.2) is 5.82 Å². The highest BCUT2D eigenvalue weighted by Crippen LogP contribution is 2.31. The molecule has 0 spiro atoms. The molecule has 0 radical (unpaired) electrons. The van der Waals surface area contributed by atoms with Crippen molar-refractivity contribution in [1.82, 2.24) is 15.5 Å². The molecule has 3 heterocycles. The number of fused-ring (bicyclic) bond motifs is 1. The lowest BCUT2D eigenvalue weighted by molar-refractivity contribution is 0.533. The van der Waals surface area contributed by atoms with Crippen molar-refractivity contribution >= 4 is 5.82 Å². The summed E-state index contributed by atoms with van der Waals surface area (Å²) in [7, 11) is 0. The molecule has 2 aliphatic heterocycles. The zero-order valence-corrected chi connectivity index (χ0v) is 10.8. The fraction of sp³-hybridized carbons (Fsp3) is 0.615. The first-order chi connectivity index (χ1) is 8.70. The molecule has 2 aliphatic rings. The monoisotopic (exact) mass is 243 g/mol. The molecule has 2 atom stereocenters. The van der Waals surface area contributed by atoms with Crippen molar-refractivity contribution in [1.29, 1.82) is 5.26 Å². The molecule has 0 saturated carbocycles. The lowest BCUT2D eigenvalue weighted by Gasteiger charge is -2.20. The van der Waals surface area contributed by atoms with Gasteiger partial charge in [0.05, 0.1) is 5.69 Å². The summed E-state index contributed by atoms with van der Waals surface area (Å²) in [5.74, 6) is 2.16. The Balaban J connectivity index is 1.94. The van der Waals surface area contributed by atoms with Crippen LogP contribution in [0.25, 0.3) is 0 Å². The van der Waals surface area contributed by atoms with Gasteiger partial charge in [0, 0.05) is 26.2 Å². The van der Waals surface area contributed by atoms with Gasteiger partial charge in [-0.15, -0.1) is 5.10 Å². The standard InChI is InChI=1S/C13H17N5/c1-8-9(2)16-17-13(12(8)3-14)18-6-10-4-15-5-11(10)7-18/h10-11,15H,4-7H2,1-2H3. The first kappa shape index (κ1) is 11.4. The molecule has 0 aliphatic carbocycles. The lowest BCUT2D eigenvalue weighted by Crippen LogP contribution is -2.27. The van der Waals surface area contributed by atoms with Gasteiger partial charge in [-0.05, 0) is 31.2 Å². The van der Waals surface area contributed by atoms with E-state index < -0.39 is 0 Å². The molecular weight excluding hydrogens is 226 g/mol. The van der Waals surface area contributed by atoms with E-state index in [0.29, 0.717) is 17.4 Å². The third-order valence-corrected chi connectivity index (χ3v) is 4.24. The minimum Gasteiger partial charge on any atom is -0.353 e. The van der Waals surface area contributed by atoms with Gasteiger partial charge >= 0.3 is 0 Å². The van der Waals surface area contributed by atoms with E-state index >= 15 is 0 Å². The van der Waals surface area contributed by atoms with E-state index in [-0.39, 0.29) is 0 Å². The molecule has 1 aromatic heterocycles. The number of nitriles is 1. The number of nitrogens with one attached hydrogen (secondary N) is 1. The number of hydrogen-bond donors (Lipinski definition) is 1. The third-order valence-electron chi connectivity index (χ3n) is 4.24. The van der Waals surface area contributed by atoms with Crippen LogP contribution in [0.3, 0.4) is 0 Å². The number of rotatable bonds is 1. The fourth-order valence-electron chi connectivity index (χ4n) is 2.98. The Kier molecular flexibility index (Phi) is 2.67. The highest BCUT2D eigenvalue weighted by molar-refractivity contribution is 5.58. The van der Waals surface area contributed by atoms with Gasteiger partial charge in [-0.2, -0.15) is 10.4 Å². The number of anilines is 1. The van der Waals surface area contributed by atoms with Crippen molar-refractivity contribution in [2.24, 2.45) is 11.8 Å². The molecule has 3 rings (SSSR count). The van der Waals surface area contributed by atoms with Crippen LogP contribution in [0.2, 0.25) is 0 Å². The smallest absolute Gasteiger partial charge is 0.169 e. The van der Waals surface area contributed by atoms with Crippen LogP contribution in [0.1, 0.15) is 16.8 Å². The average Bonchev–Trinajstić information content (AvgIpc) is 2.92. The van der Waals surface area contributed by atoms with Crippen LogP contribution in [-0.4, -0.2) is 36.4 Å². The molecule has 2 saturated heterocycles. The Hall–Kier alpha value is -1.67. The maximum absolute atomic E-state index is 9.33. The Morgan fingerprint density at radius 1 is 1.22 bits per heavy atom. The predicted octanol–water partition coefficient (Wildman–Crippen LogP) is 0.621. The van der Waals surface area contributed by atoms with Gasteiger partial charge in [-0.3, -0.25) is 0 Å². The Bertz CT molecular complexity index is 507. The van der Waals surface area contributed by atoms with Crippen LogP contribution in [-0.2, 0) is 0 Å². The van der Waals surface area contributed by atoms with Gasteiger partial charge in [0.2, 0.25) is 0 Å². The van der Waals surface area contributed by atoms with E-state index in [1.54, 1.807) is 0 Å². The number of hydrogen-bond acceptors (Lipinski definition) is 5. The van der Waals surface area contributed by atoms with Crippen LogP contribution in [0, 0.1) is 37.0 Å². The quantitative estimate of drug-likeness (QED) is 0.783. The van der Waals surface area contributed by atoms with Crippen LogP contribution in [0.4, 0.5) is 5.82 Å². The van der Waals surface area contributed by atoms with Gasteiger partial charge in [0.25, 0.3) is 0 Å². The zero-order chi connectivity index (χ0) is 12.7. The molecule has 2 unspecified atom stereocenters. The van der Waals surface area contributed by atoms with E-state index in [1.807, 2.05) is 13.8 Å². The molecule has 0 aromatic carbocycles. The Morgan fingerprint density at radius 3 is 2.50 bits per heavy atom. The van der Waals surface area contributed by atoms with Crippen LogP contribution in [0.5, 0.6) is 0 Å². The average molecular weight is 243 g/mol. The van der Waals surface area contributed by atoms with E-state index in [0.717, 1.165) is 43.3 Å². The first-order valence-corrected chi connectivity index (χ1v) is 6.40. The highest BCUT2D eigenvalue weighted by atomic mass is 15.3. The molecule has 1 N–H and O–H groups in total. The molecule has 0 amide bonds. The Morgan fingerprint density at radius 2 is 1.89 bits per heavy atom. The van der Waals surface area contributed by atoms with Crippen molar-refractivity contribution in [3.05, 3.63) is 16.8 Å². The van der Waals surface area contributed by atoms with Crippen LogP contribution >= 0.6 is 0 Å². The van der Waals surface area contributed by atoms with Gasteiger partial charge in [-0.1, -0.05) is 0 Å². The van der Waals surface area contributed by atoms with Crippen molar-refractivity contribution in [2.75, 3.05) is 31.1 Å². The normalized spacial score (nSPS) is 26.2. The number of aromatic nitrogens is 2. The van der Waals surface area contributed by atoms with E-state index in [4.69, 9.17) is 0 Å². The summed E-state index contributed by atoms with van der Waals surface area (Å²) in [6.07, 6.45) is 0. The minimum absolute atomic E-state index is 0.690. The van der Waals surface area contributed by atoms with Crippen LogP contribution < -0.4 is 10.2 Å². The third kappa shape index (κ3) is 1.65. The SMILES string of the molecule is Cc1nnc(N2CC3CNCC3C2)c(C#N)c1C. The maximum atomic E-state index is 9.33. The topological polar surface area (TPSA) is 64.8 Å². The highest BCUT2D eigenvalue weighted by Gasteiger charge is 2.37. The van der Waals surface area contributed by atoms with Gasteiger partial charge < -0.3 is 10.2 Å². The van der Waals surface area contributed by atoms with E-state index in [2.05, 4.69) is 26.5 Å². The predicted molar refractivity (Wildman–Crippen MR) is 68.3 cm³/mol. The number of aryl methyl sites for hydroxylation is 1. The molecular formula is C13H17N5. The van der Waals surface area contributed by atoms with E-state index in [9.17, 15) is 5.26 Å². The maximum Gasteiger partial charge on any atom is 0.169 e. The second-order valence-corrected chi connectivity index (χ2v) is 5.30. The summed E-state index contributed by atoms with van der Waals surface area (Å²) in [6, 6.07) is 2.29. The van der Waals surface area contributed by atoms with E-state index in [1.165, 1.54) is 0 Å². The van der Waals surface area contributed by atoms with Crippen molar-refractivity contribution < 1.29 is 0 Å². The summed E-state index contributed by atoms with van der Waals surface area (Å²) >= 11 is 0. The second kappa shape index (κ2) is 4.21. The summed E-state index contributed by atoms with van der Waals surface area (Å²) in [6.45, 7) is 8.00. The lowest BCUT2D eigenvalue weighted by atomic mass is 10.0. The second-order valence-electron chi connectivity index (χ2n) is 5.30. The van der Waals surface area contributed by atoms with Crippen molar-refractivity contribution in [2.45, 2.75) is 13.8 Å². The summed E-state index contributed by atoms with van der Waals surface area (Å²) < 4.78 is 0. The minimum atomic E-state index is 0.690. The molecule has 5 heteroatoms. The van der Waals surface area contributed by atoms with Crippen molar-refractivity contribution in [3.8, 4) is 6.07 Å². The summed E-state index contributed by atoms with van der Waals surface area (Å²) in [5, 5.41) is 21.2. The largest absolute Gasteiger partial charge is 0.353 e. The molecule has 18 heavy (non-hydrogen) atoms. The zero-order valence-electron chi connectivity index (χ0n) is 10.8. The van der Waals surface area contributed by atoms with Crippen molar-refractivity contribution in [3.63, 3.8) is 0 Å². The molecule has 94 valence electrons. The Labute approximate surface area is 107 Å². The van der Waals surface area contributed by atoms with Gasteiger partial charge in [0.1, 0.15) is 11.6 Å². The molecule has 5 nitrogen and oxygen atoms in total.